The molecule has 5 nitrogen and oxygen atoms in total. The van der Waals surface area contributed by atoms with Crippen molar-refractivity contribution in [3.63, 3.8) is 0 Å². The van der Waals surface area contributed by atoms with E-state index in [1.807, 2.05) is 20.0 Å². The van der Waals surface area contributed by atoms with Gasteiger partial charge in [0.15, 0.2) is 0 Å². The van der Waals surface area contributed by atoms with Crippen molar-refractivity contribution in [2.24, 2.45) is 7.05 Å². The van der Waals surface area contributed by atoms with Gasteiger partial charge < -0.3 is 9.84 Å². The molecule has 0 bridgehead atoms. The summed E-state index contributed by atoms with van der Waals surface area (Å²) in [5.74, 6) is 0.792. The van der Waals surface area contributed by atoms with E-state index in [9.17, 15) is 5.11 Å². The van der Waals surface area contributed by atoms with Gasteiger partial charge in [-0.25, -0.2) is 4.68 Å². The number of aliphatic hydroxyl groups excluding tert-OH is 1. The first-order chi connectivity index (χ1) is 10.7. The number of benzene rings is 1. The van der Waals surface area contributed by atoms with Gasteiger partial charge in [-0.3, -0.25) is 4.90 Å². The van der Waals surface area contributed by atoms with Gasteiger partial charge in [-0.05, 0) is 18.9 Å². The fraction of sp³-hybridized carbons (Fsp3) is 0.471. The van der Waals surface area contributed by atoms with Crippen LogP contribution in [-0.4, -0.2) is 46.6 Å². The number of aryl methyl sites for hydroxylation is 2. The van der Waals surface area contributed by atoms with E-state index in [1.54, 1.807) is 11.8 Å². The Balaban J connectivity index is 2.05. The highest BCUT2D eigenvalue weighted by Gasteiger charge is 2.17. The third-order valence-corrected chi connectivity index (χ3v) is 3.84. The molecule has 0 aliphatic carbocycles. The van der Waals surface area contributed by atoms with E-state index in [1.165, 1.54) is 5.56 Å². The summed E-state index contributed by atoms with van der Waals surface area (Å²) in [6.45, 7) is 4.41. The summed E-state index contributed by atoms with van der Waals surface area (Å²) in [6, 6.07) is 10.4. The van der Waals surface area contributed by atoms with E-state index in [0.29, 0.717) is 6.54 Å². The number of rotatable bonds is 8. The molecular formula is C17H25N3O2. The molecule has 0 saturated heterocycles. The van der Waals surface area contributed by atoms with E-state index in [-0.39, 0.29) is 6.61 Å². The maximum Gasteiger partial charge on any atom is 0.216 e. The average Bonchev–Trinajstić information content (AvgIpc) is 2.79. The monoisotopic (exact) mass is 303 g/mol. The number of hydrogen-bond acceptors (Lipinski definition) is 4. The van der Waals surface area contributed by atoms with Crippen LogP contribution in [0.4, 0.5) is 0 Å². The largest absolute Gasteiger partial charge is 0.481 e. The summed E-state index contributed by atoms with van der Waals surface area (Å²) in [7, 11) is 3.55. The van der Waals surface area contributed by atoms with Crippen molar-refractivity contribution < 1.29 is 9.84 Å². The summed E-state index contributed by atoms with van der Waals surface area (Å²) in [6.07, 6.45) is 0.961. The Labute approximate surface area is 132 Å². The number of aliphatic hydroxyl groups is 1. The Morgan fingerprint density at radius 2 is 1.95 bits per heavy atom. The standard InChI is InChI=1S/C17H25N3O2/c1-14-16(17(22-3)19(2)18-14)13-20(11-12-21)10-9-15-7-5-4-6-8-15/h4-8,21H,9-13H2,1-3H3. The van der Waals surface area contributed by atoms with Crippen molar-refractivity contribution in [1.29, 1.82) is 0 Å². The minimum absolute atomic E-state index is 0.149. The lowest BCUT2D eigenvalue weighted by Gasteiger charge is -2.21. The Kier molecular flexibility index (Phi) is 5.98. The van der Waals surface area contributed by atoms with Crippen LogP contribution in [-0.2, 0) is 20.0 Å². The molecule has 0 aliphatic heterocycles. The smallest absolute Gasteiger partial charge is 0.216 e. The summed E-state index contributed by atoms with van der Waals surface area (Å²) in [5, 5.41) is 13.7. The number of hydrogen-bond donors (Lipinski definition) is 1. The lowest BCUT2D eigenvalue weighted by Crippen LogP contribution is -2.29. The van der Waals surface area contributed by atoms with Gasteiger partial charge in [0.1, 0.15) is 0 Å². The van der Waals surface area contributed by atoms with Gasteiger partial charge in [-0.15, -0.1) is 0 Å². The molecule has 0 atom stereocenters. The summed E-state index contributed by atoms with van der Waals surface area (Å²) in [5.41, 5.74) is 3.37. The first-order valence-electron chi connectivity index (χ1n) is 7.59. The van der Waals surface area contributed by atoms with E-state index in [2.05, 4.69) is 34.3 Å². The van der Waals surface area contributed by atoms with Gasteiger partial charge in [0.05, 0.1) is 25.0 Å². The molecule has 0 amide bonds. The van der Waals surface area contributed by atoms with E-state index in [0.717, 1.165) is 36.6 Å². The molecule has 2 rings (SSSR count). The van der Waals surface area contributed by atoms with Gasteiger partial charge in [-0.2, -0.15) is 5.10 Å². The zero-order valence-corrected chi connectivity index (χ0v) is 13.6. The van der Waals surface area contributed by atoms with Crippen molar-refractivity contribution in [1.82, 2.24) is 14.7 Å². The fourth-order valence-electron chi connectivity index (χ4n) is 2.69. The minimum Gasteiger partial charge on any atom is -0.481 e. The molecule has 0 spiro atoms. The molecule has 1 N–H and O–H groups in total. The van der Waals surface area contributed by atoms with Gasteiger partial charge in [0, 0.05) is 26.7 Å². The molecule has 2 aromatic rings. The summed E-state index contributed by atoms with van der Waals surface area (Å²) in [4.78, 5) is 2.24. The number of ether oxygens (including phenoxy) is 1. The maximum absolute atomic E-state index is 9.32. The Morgan fingerprint density at radius 3 is 2.59 bits per heavy atom. The second kappa shape index (κ2) is 7.96. The van der Waals surface area contributed by atoms with E-state index >= 15 is 0 Å². The lowest BCUT2D eigenvalue weighted by molar-refractivity contribution is 0.189. The predicted octanol–water partition coefficient (Wildman–Crippen LogP) is 1.77. The van der Waals surface area contributed by atoms with Gasteiger partial charge in [-0.1, -0.05) is 30.3 Å². The van der Waals surface area contributed by atoms with Crippen LogP contribution in [0.1, 0.15) is 16.8 Å². The van der Waals surface area contributed by atoms with Crippen molar-refractivity contribution in [3.05, 3.63) is 47.2 Å². The Bertz CT molecular complexity index is 581. The van der Waals surface area contributed by atoms with Gasteiger partial charge >= 0.3 is 0 Å². The van der Waals surface area contributed by atoms with E-state index in [4.69, 9.17) is 4.74 Å². The van der Waals surface area contributed by atoms with Crippen LogP contribution in [0.25, 0.3) is 0 Å². The molecule has 1 heterocycles. The topological polar surface area (TPSA) is 50.5 Å². The molecular weight excluding hydrogens is 278 g/mol. The molecule has 120 valence electrons. The SMILES string of the molecule is COc1c(CN(CCO)CCc2ccccc2)c(C)nn1C. The quantitative estimate of drug-likeness (QED) is 0.807. The summed E-state index contributed by atoms with van der Waals surface area (Å²) < 4.78 is 7.21. The van der Waals surface area contributed by atoms with Crippen LogP contribution < -0.4 is 4.74 Å². The maximum atomic E-state index is 9.32. The zero-order valence-electron chi connectivity index (χ0n) is 13.6. The molecule has 0 unspecified atom stereocenters. The number of methoxy groups -OCH3 is 1. The van der Waals surface area contributed by atoms with Gasteiger partial charge in [0.2, 0.25) is 5.88 Å². The fourth-order valence-corrected chi connectivity index (χ4v) is 2.69. The Hall–Kier alpha value is -1.85. The van der Waals surface area contributed by atoms with Crippen LogP contribution in [0, 0.1) is 6.92 Å². The molecule has 0 radical (unpaired) electrons. The highest BCUT2D eigenvalue weighted by Crippen LogP contribution is 2.22. The Morgan fingerprint density at radius 1 is 1.23 bits per heavy atom. The molecule has 0 aliphatic rings. The molecule has 1 aromatic carbocycles. The van der Waals surface area contributed by atoms with Crippen LogP contribution in [0.2, 0.25) is 0 Å². The van der Waals surface area contributed by atoms with Crippen molar-refractivity contribution in [3.8, 4) is 5.88 Å². The third kappa shape index (κ3) is 4.08. The summed E-state index contributed by atoms with van der Waals surface area (Å²) >= 11 is 0. The molecule has 22 heavy (non-hydrogen) atoms. The second-order valence-electron chi connectivity index (χ2n) is 5.43. The highest BCUT2D eigenvalue weighted by atomic mass is 16.5. The number of aromatic nitrogens is 2. The molecule has 1 aromatic heterocycles. The van der Waals surface area contributed by atoms with Crippen LogP contribution in [0.15, 0.2) is 30.3 Å². The van der Waals surface area contributed by atoms with Gasteiger partial charge in [0.25, 0.3) is 0 Å². The first-order valence-corrected chi connectivity index (χ1v) is 7.59. The predicted molar refractivity (Wildman–Crippen MR) is 87.0 cm³/mol. The van der Waals surface area contributed by atoms with E-state index < -0.39 is 0 Å². The van der Waals surface area contributed by atoms with Crippen LogP contribution in [0.5, 0.6) is 5.88 Å². The average molecular weight is 303 g/mol. The highest BCUT2D eigenvalue weighted by molar-refractivity contribution is 5.30. The molecule has 0 saturated carbocycles. The van der Waals surface area contributed by atoms with Crippen molar-refractivity contribution >= 4 is 0 Å². The molecule has 0 fully saturated rings. The number of nitrogens with zero attached hydrogens (tertiary/aromatic N) is 3. The first kappa shape index (κ1) is 16.5. The minimum atomic E-state index is 0.149. The van der Waals surface area contributed by atoms with Crippen LogP contribution in [0.3, 0.4) is 0 Å². The zero-order chi connectivity index (χ0) is 15.9. The van der Waals surface area contributed by atoms with Crippen LogP contribution >= 0.6 is 0 Å². The lowest BCUT2D eigenvalue weighted by atomic mass is 10.1. The third-order valence-electron chi connectivity index (χ3n) is 3.84. The second-order valence-corrected chi connectivity index (χ2v) is 5.43. The van der Waals surface area contributed by atoms with Crippen molar-refractivity contribution in [2.75, 3.05) is 26.8 Å². The van der Waals surface area contributed by atoms with Crippen molar-refractivity contribution in [2.45, 2.75) is 19.9 Å². The molecule has 5 heteroatoms. The normalized spacial score (nSPS) is 11.1.